The van der Waals surface area contributed by atoms with Crippen LogP contribution >= 0.6 is 11.8 Å². The minimum absolute atomic E-state index is 0.129. The van der Waals surface area contributed by atoms with Gasteiger partial charge in [0.05, 0.1) is 5.75 Å². The van der Waals surface area contributed by atoms with E-state index in [2.05, 4.69) is 26.6 Å². The van der Waals surface area contributed by atoms with Crippen LogP contribution in [0.1, 0.15) is 52.0 Å². The van der Waals surface area contributed by atoms with Crippen LogP contribution in [0.15, 0.2) is 17.3 Å². The zero-order valence-electron chi connectivity index (χ0n) is 14.9. The Hall–Kier alpha value is -2.15. The number of rotatable bonds is 5. The van der Waals surface area contributed by atoms with E-state index in [0.29, 0.717) is 22.7 Å². The molecule has 3 heterocycles. The first-order valence-corrected chi connectivity index (χ1v) is 9.48. The Morgan fingerprint density at radius 1 is 1.16 bits per heavy atom. The molecule has 1 aliphatic carbocycles. The average Bonchev–Trinajstić information content (AvgIpc) is 3.21. The van der Waals surface area contributed by atoms with Gasteiger partial charge in [-0.05, 0) is 52.7 Å². The van der Waals surface area contributed by atoms with Crippen LogP contribution in [0.2, 0.25) is 0 Å². The highest BCUT2D eigenvalue weighted by atomic mass is 32.2. The van der Waals surface area contributed by atoms with Crippen molar-refractivity contribution in [2.75, 3.05) is 5.75 Å². The lowest BCUT2D eigenvalue weighted by atomic mass is 10.2. The molecule has 1 saturated carbocycles. The number of thioether (sulfide) groups is 1. The predicted molar refractivity (Wildman–Crippen MR) is 97.5 cm³/mol. The van der Waals surface area contributed by atoms with Crippen LogP contribution in [0, 0.1) is 27.7 Å². The number of aryl methyl sites for hydroxylation is 3. The van der Waals surface area contributed by atoms with E-state index < -0.39 is 0 Å². The molecule has 7 heteroatoms. The second-order valence-electron chi connectivity index (χ2n) is 6.74. The van der Waals surface area contributed by atoms with Gasteiger partial charge in [0.15, 0.2) is 5.78 Å². The lowest BCUT2D eigenvalue weighted by Gasteiger charge is -2.07. The van der Waals surface area contributed by atoms with Gasteiger partial charge < -0.3 is 4.57 Å². The number of aromatic nitrogens is 5. The molecule has 0 radical (unpaired) electrons. The SMILES string of the molecule is Cc1cc(C)n2nc(SCC(=O)c3cc(C)n(C4CC4)c3C)nc2n1. The molecule has 0 N–H and O–H groups in total. The number of carbonyl (C=O) groups is 1. The third kappa shape index (κ3) is 2.97. The van der Waals surface area contributed by atoms with Gasteiger partial charge in [-0.2, -0.15) is 4.98 Å². The zero-order valence-corrected chi connectivity index (χ0v) is 15.7. The molecule has 0 aromatic carbocycles. The van der Waals surface area contributed by atoms with Crippen LogP contribution < -0.4 is 0 Å². The number of nitrogens with zero attached hydrogens (tertiary/aromatic N) is 5. The molecule has 130 valence electrons. The molecular weight excluding hydrogens is 334 g/mol. The molecule has 6 nitrogen and oxygen atoms in total. The smallest absolute Gasteiger partial charge is 0.253 e. The van der Waals surface area contributed by atoms with E-state index in [1.165, 1.54) is 30.3 Å². The highest BCUT2D eigenvalue weighted by Crippen LogP contribution is 2.38. The second kappa shape index (κ2) is 5.98. The zero-order chi connectivity index (χ0) is 17.7. The van der Waals surface area contributed by atoms with Crippen LogP contribution in [0.3, 0.4) is 0 Å². The standard InChI is InChI=1S/C18H21N5OS/c1-10-7-12(3)23-17(19-10)20-18(21-23)25-9-16(24)15-8-11(2)22(13(15)4)14-5-6-14/h7-8,14H,5-6,9H2,1-4H3. The van der Waals surface area contributed by atoms with Crippen molar-refractivity contribution in [2.24, 2.45) is 0 Å². The molecule has 1 fully saturated rings. The summed E-state index contributed by atoms with van der Waals surface area (Å²) in [7, 11) is 0. The van der Waals surface area contributed by atoms with E-state index in [-0.39, 0.29) is 5.78 Å². The lowest BCUT2D eigenvalue weighted by Crippen LogP contribution is -2.06. The fourth-order valence-electron chi connectivity index (χ4n) is 3.37. The van der Waals surface area contributed by atoms with Crippen molar-refractivity contribution < 1.29 is 4.79 Å². The maximum atomic E-state index is 12.7. The van der Waals surface area contributed by atoms with Gasteiger partial charge in [-0.3, -0.25) is 4.79 Å². The van der Waals surface area contributed by atoms with E-state index in [1.54, 1.807) is 4.52 Å². The first kappa shape index (κ1) is 16.3. The Labute approximate surface area is 150 Å². The van der Waals surface area contributed by atoms with Crippen molar-refractivity contribution in [3.8, 4) is 0 Å². The van der Waals surface area contributed by atoms with Gasteiger partial charge in [-0.1, -0.05) is 11.8 Å². The van der Waals surface area contributed by atoms with Gasteiger partial charge in [0.2, 0.25) is 5.16 Å². The van der Waals surface area contributed by atoms with Crippen LogP contribution in [0.25, 0.3) is 5.78 Å². The molecule has 0 atom stereocenters. The first-order chi connectivity index (χ1) is 11.9. The van der Waals surface area contributed by atoms with Gasteiger partial charge in [0, 0.05) is 34.4 Å². The number of hydrogen-bond donors (Lipinski definition) is 0. The van der Waals surface area contributed by atoms with E-state index in [0.717, 1.165) is 22.6 Å². The Morgan fingerprint density at radius 3 is 2.64 bits per heavy atom. The molecule has 0 aliphatic heterocycles. The molecule has 0 amide bonds. The fourth-order valence-corrected chi connectivity index (χ4v) is 4.07. The number of hydrogen-bond acceptors (Lipinski definition) is 5. The third-order valence-corrected chi connectivity index (χ3v) is 5.47. The van der Waals surface area contributed by atoms with Crippen molar-refractivity contribution in [1.82, 2.24) is 24.1 Å². The average molecular weight is 355 g/mol. The Kier molecular flexibility index (Phi) is 3.91. The molecule has 4 rings (SSSR count). The van der Waals surface area contributed by atoms with Crippen LogP contribution in [-0.2, 0) is 0 Å². The Bertz CT molecular complexity index is 983. The summed E-state index contributed by atoms with van der Waals surface area (Å²) in [5, 5.41) is 5.04. The summed E-state index contributed by atoms with van der Waals surface area (Å²) in [6.45, 7) is 8.04. The Morgan fingerprint density at radius 2 is 1.92 bits per heavy atom. The van der Waals surface area contributed by atoms with Crippen molar-refractivity contribution >= 4 is 23.3 Å². The maximum absolute atomic E-state index is 12.7. The molecular formula is C18H21N5OS. The maximum Gasteiger partial charge on any atom is 0.253 e. The van der Waals surface area contributed by atoms with Gasteiger partial charge in [0.1, 0.15) is 0 Å². The monoisotopic (exact) mass is 355 g/mol. The number of fused-ring (bicyclic) bond motifs is 1. The third-order valence-electron chi connectivity index (χ3n) is 4.63. The molecule has 3 aromatic rings. The molecule has 0 spiro atoms. The van der Waals surface area contributed by atoms with E-state index in [4.69, 9.17) is 0 Å². The van der Waals surface area contributed by atoms with Crippen molar-refractivity contribution in [3.05, 3.63) is 40.5 Å². The summed E-state index contributed by atoms with van der Waals surface area (Å²) >= 11 is 1.37. The van der Waals surface area contributed by atoms with Crippen LogP contribution in [-0.4, -0.2) is 35.7 Å². The molecule has 0 unspecified atom stereocenters. The van der Waals surface area contributed by atoms with Gasteiger partial charge in [-0.15, -0.1) is 5.10 Å². The fraction of sp³-hybridized carbons (Fsp3) is 0.444. The quantitative estimate of drug-likeness (QED) is 0.518. The summed E-state index contributed by atoms with van der Waals surface area (Å²) in [6.07, 6.45) is 2.44. The molecule has 25 heavy (non-hydrogen) atoms. The molecule has 0 bridgehead atoms. The molecule has 1 aliphatic rings. The van der Waals surface area contributed by atoms with E-state index >= 15 is 0 Å². The number of carbonyl (C=O) groups excluding carboxylic acids is 1. The lowest BCUT2D eigenvalue weighted by molar-refractivity contribution is 0.102. The predicted octanol–water partition coefficient (Wildman–Crippen LogP) is 3.47. The highest BCUT2D eigenvalue weighted by Gasteiger charge is 2.28. The Balaban J connectivity index is 1.52. The molecule has 3 aromatic heterocycles. The summed E-state index contributed by atoms with van der Waals surface area (Å²) in [5.74, 6) is 1.05. The van der Waals surface area contributed by atoms with E-state index in [9.17, 15) is 4.79 Å². The van der Waals surface area contributed by atoms with Crippen molar-refractivity contribution in [1.29, 1.82) is 0 Å². The normalized spacial score (nSPS) is 14.4. The first-order valence-electron chi connectivity index (χ1n) is 8.49. The summed E-state index contributed by atoms with van der Waals surface area (Å²) < 4.78 is 4.02. The van der Waals surface area contributed by atoms with Crippen molar-refractivity contribution in [3.63, 3.8) is 0 Å². The second-order valence-corrected chi connectivity index (χ2v) is 7.69. The number of Topliss-reactive ketones (excluding diaryl/α,β-unsaturated/α-hetero) is 1. The topological polar surface area (TPSA) is 65.1 Å². The van der Waals surface area contributed by atoms with E-state index in [1.807, 2.05) is 32.9 Å². The minimum Gasteiger partial charge on any atom is -0.345 e. The number of ketones is 1. The summed E-state index contributed by atoms with van der Waals surface area (Å²) in [6, 6.07) is 4.57. The van der Waals surface area contributed by atoms with Gasteiger partial charge in [-0.25, -0.2) is 9.50 Å². The largest absolute Gasteiger partial charge is 0.345 e. The van der Waals surface area contributed by atoms with Gasteiger partial charge >= 0.3 is 0 Å². The minimum atomic E-state index is 0.129. The van der Waals surface area contributed by atoms with Crippen molar-refractivity contribution in [2.45, 2.75) is 51.7 Å². The van der Waals surface area contributed by atoms with Crippen LogP contribution in [0.5, 0.6) is 0 Å². The van der Waals surface area contributed by atoms with Gasteiger partial charge in [0.25, 0.3) is 5.78 Å². The summed E-state index contributed by atoms with van der Waals surface area (Å²) in [5.41, 5.74) is 4.99. The molecule has 0 saturated heterocycles. The van der Waals surface area contributed by atoms with Crippen LogP contribution in [0.4, 0.5) is 0 Å². The highest BCUT2D eigenvalue weighted by molar-refractivity contribution is 7.99. The summed E-state index contributed by atoms with van der Waals surface area (Å²) in [4.78, 5) is 21.5.